The third-order valence-electron chi connectivity index (χ3n) is 2.43. The van der Waals surface area contributed by atoms with E-state index in [1.165, 1.54) is 11.8 Å². The summed E-state index contributed by atoms with van der Waals surface area (Å²) in [6, 6.07) is 0. The summed E-state index contributed by atoms with van der Waals surface area (Å²) in [6.07, 6.45) is 2.32. The van der Waals surface area contributed by atoms with E-state index in [4.69, 9.17) is 0 Å². The van der Waals surface area contributed by atoms with Gasteiger partial charge >= 0.3 is 0 Å². The Morgan fingerprint density at radius 2 is 2.29 bits per heavy atom. The molecule has 0 spiro atoms. The van der Waals surface area contributed by atoms with Crippen molar-refractivity contribution in [1.82, 2.24) is 10.2 Å². The third-order valence-corrected chi connectivity index (χ3v) is 3.37. The molecule has 0 atom stereocenters. The lowest BCUT2D eigenvalue weighted by atomic mass is 10.4. The van der Waals surface area contributed by atoms with Crippen molar-refractivity contribution in [3.8, 4) is 0 Å². The number of aliphatic imine (C=N–C) groups is 1. The summed E-state index contributed by atoms with van der Waals surface area (Å²) in [5, 5.41) is 4.07. The Kier molecular flexibility index (Phi) is 3.29. The van der Waals surface area contributed by atoms with E-state index in [0.717, 1.165) is 44.2 Å². The zero-order chi connectivity index (χ0) is 9.80. The van der Waals surface area contributed by atoms with Crippen molar-refractivity contribution in [1.29, 1.82) is 0 Å². The van der Waals surface area contributed by atoms with Gasteiger partial charge in [-0.25, -0.2) is 0 Å². The van der Waals surface area contributed by atoms with Gasteiger partial charge in [0.1, 0.15) is 0 Å². The van der Waals surface area contributed by atoms with Crippen LogP contribution in [0.5, 0.6) is 0 Å². The first-order chi connectivity index (χ1) is 6.86. The number of rotatable bonds is 2. The fraction of sp³-hybridized carbons (Fsp3) is 0.778. The molecule has 0 radical (unpaired) electrons. The second kappa shape index (κ2) is 4.68. The molecule has 5 heteroatoms. The monoisotopic (exact) mass is 213 g/mol. The minimum Gasteiger partial charge on any atom is -0.363 e. The van der Waals surface area contributed by atoms with Crippen LogP contribution < -0.4 is 5.32 Å². The molecular weight excluding hydrogens is 198 g/mol. The number of hydrogen-bond donors (Lipinski definition) is 1. The molecule has 2 aliphatic rings. The van der Waals surface area contributed by atoms with E-state index in [2.05, 4.69) is 10.3 Å². The average molecular weight is 213 g/mol. The lowest BCUT2D eigenvalue weighted by Crippen LogP contribution is -2.30. The third kappa shape index (κ3) is 2.41. The molecule has 0 aliphatic carbocycles. The number of amides is 1. The van der Waals surface area contributed by atoms with E-state index < -0.39 is 0 Å². The van der Waals surface area contributed by atoms with Crippen molar-refractivity contribution >= 4 is 22.8 Å². The second-order valence-electron chi connectivity index (χ2n) is 3.49. The lowest BCUT2D eigenvalue weighted by Gasteiger charge is -2.14. The highest BCUT2D eigenvalue weighted by atomic mass is 32.2. The van der Waals surface area contributed by atoms with Crippen molar-refractivity contribution in [2.24, 2.45) is 4.99 Å². The zero-order valence-electron chi connectivity index (χ0n) is 8.16. The summed E-state index contributed by atoms with van der Waals surface area (Å²) >= 11 is 1.53. The van der Waals surface area contributed by atoms with Crippen molar-refractivity contribution in [2.75, 3.05) is 31.9 Å². The van der Waals surface area contributed by atoms with Crippen LogP contribution >= 0.6 is 11.8 Å². The van der Waals surface area contributed by atoms with Crippen LogP contribution in [0.4, 0.5) is 0 Å². The average Bonchev–Trinajstić information content (AvgIpc) is 2.87. The molecule has 4 nitrogen and oxygen atoms in total. The molecule has 0 bridgehead atoms. The van der Waals surface area contributed by atoms with Crippen LogP contribution in [0.15, 0.2) is 4.99 Å². The van der Waals surface area contributed by atoms with Crippen LogP contribution in [0, 0.1) is 0 Å². The fourth-order valence-electron chi connectivity index (χ4n) is 1.66. The number of carbonyl (C=O) groups is 1. The number of nitrogens with one attached hydrogen (secondary N) is 1. The molecular formula is C9H15N3OS. The highest BCUT2D eigenvalue weighted by molar-refractivity contribution is 8.14. The number of likely N-dealkylation sites (tertiary alicyclic amines) is 1. The van der Waals surface area contributed by atoms with E-state index in [0.29, 0.717) is 5.75 Å². The molecule has 2 rings (SSSR count). The van der Waals surface area contributed by atoms with E-state index >= 15 is 0 Å². The molecule has 2 aliphatic heterocycles. The molecule has 0 saturated carbocycles. The fourth-order valence-corrected chi connectivity index (χ4v) is 2.49. The van der Waals surface area contributed by atoms with Crippen molar-refractivity contribution in [3.05, 3.63) is 0 Å². The summed E-state index contributed by atoms with van der Waals surface area (Å²) < 4.78 is 0. The van der Waals surface area contributed by atoms with Crippen LogP contribution in [0.25, 0.3) is 0 Å². The smallest absolute Gasteiger partial charge is 0.233 e. The SMILES string of the molecule is O=C(CSC1=NCCN1)N1CCCC1. The minimum atomic E-state index is 0.254. The highest BCUT2D eigenvalue weighted by Gasteiger charge is 2.18. The zero-order valence-corrected chi connectivity index (χ0v) is 8.98. The van der Waals surface area contributed by atoms with Gasteiger partial charge in [-0.05, 0) is 12.8 Å². The lowest BCUT2D eigenvalue weighted by molar-refractivity contribution is -0.127. The number of hydrogen-bond acceptors (Lipinski definition) is 4. The Balaban J connectivity index is 1.71. The van der Waals surface area contributed by atoms with Crippen LogP contribution in [-0.2, 0) is 4.79 Å². The molecule has 1 amide bonds. The van der Waals surface area contributed by atoms with Crippen LogP contribution in [0.3, 0.4) is 0 Å². The Labute approximate surface area is 88.1 Å². The van der Waals surface area contributed by atoms with Crippen molar-refractivity contribution in [2.45, 2.75) is 12.8 Å². The van der Waals surface area contributed by atoms with E-state index in [1.807, 2.05) is 4.90 Å². The molecule has 14 heavy (non-hydrogen) atoms. The first-order valence-corrected chi connectivity index (χ1v) is 6.04. The van der Waals surface area contributed by atoms with Gasteiger partial charge in [0.05, 0.1) is 12.3 Å². The van der Waals surface area contributed by atoms with Gasteiger partial charge in [0.25, 0.3) is 0 Å². The predicted octanol–water partition coefficient (Wildman–Crippen LogP) is 0.301. The molecule has 0 aromatic carbocycles. The van der Waals surface area contributed by atoms with Gasteiger partial charge in [-0.15, -0.1) is 0 Å². The Morgan fingerprint density at radius 1 is 1.50 bits per heavy atom. The van der Waals surface area contributed by atoms with Crippen LogP contribution in [0.2, 0.25) is 0 Å². The number of carbonyl (C=O) groups excluding carboxylic acids is 1. The Hall–Kier alpha value is -0.710. The summed E-state index contributed by atoms with van der Waals surface area (Å²) in [7, 11) is 0. The highest BCUT2D eigenvalue weighted by Crippen LogP contribution is 2.11. The summed E-state index contributed by atoms with van der Waals surface area (Å²) in [5.41, 5.74) is 0. The van der Waals surface area contributed by atoms with E-state index in [-0.39, 0.29) is 5.91 Å². The normalized spacial score (nSPS) is 20.9. The first kappa shape index (κ1) is 9.83. The van der Waals surface area contributed by atoms with E-state index in [9.17, 15) is 4.79 Å². The van der Waals surface area contributed by atoms with Gasteiger partial charge in [0.15, 0.2) is 5.17 Å². The van der Waals surface area contributed by atoms with Crippen LogP contribution in [-0.4, -0.2) is 47.9 Å². The molecule has 1 fully saturated rings. The molecule has 0 aromatic heterocycles. The quantitative estimate of drug-likeness (QED) is 0.717. The van der Waals surface area contributed by atoms with Crippen molar-refractivity contribution in [3.63, 3.8) is 0 Å². The molecule has 1 N–H and O–H groups in total. The predicted molar refractivity (Wildman–Crippen MR) is 58.6 cm³/mol. The Morgan fingerprint density at radius 3 is 2.93 bits per heavy atom. The number of thioether (sulfide) groups is 1. The standard InChI is InChI=1S/C9H15N3OS/c13-8(12-5-1-2-6-12)7-14-9-10-3-4-11-9/h1-7H2,(H,10,11). The van der Waals surface area contributed by atoms with Gasteiger partial charge in [-0.3, -0.25) is 9.79 Å². The number of amidine groups is 1. The van der Waals surface area contributed by atoms with Crippen molar-refractivity contribution < 1.29 is 4.79 Å². The second-order valence-corrected chi connectivity index (χ2v) is 4.45. The number of nitrogens with zero attached hydrogens (tertiary/aromatic N) is 2. The van der Waals surface area contributed by atoms with Gasteiger partial charge in [0.2, 0.25) is 5.91 Å². The summed E-state index contributed by atoms with van der Waals surface area (Å²) in [6.45, 7) is 3.65. The minimum absolute atomic E-state index is 0.254. The molecule has 1 saturated heterocycles. The van der Waals surface area contributed by atoms with Crippen LogP contribution in [0.1, 0.15) is 12.8 Å². The van der Waals surface area contributed by atoms with E-state index in [1.54, 1.807) is 0 Å². The van der Waals surface area contributed by atoms with Gasteiger partial charge in [0, 0.05) is 19.6 Å². The molecule has 78 valence electrons. The summed E-state index contributed by atoms with van der Waals surface area (Å²) in [4.78, 5) is 17.8. The molecule has 0 aromatic rings. The maximum Gasteiger partial charge on any atom is 0.233 e. The molecule has 2 heterocycles. The van der Waals surface area contributed by atoms with Gasteiger partial charge < -0.3 is 10.2 Å². The van der Waals surface area contributed by atoms with Gasteiger partial charge in [-0.2, -0.15) is 0 Å². The largest absolute Gasteiger partial charge is 0.363 e. The maximum absolute atomic E-state index is 11.6. The first-order valence-electron chi connectivity index (χ1n) is 5.05. The molecule has 0 unspecified atom stereocenters. The topological polar surface area (TPSA) is 44.7 Å². The Bertz CT molecular complexity index is 248. The maximum atomic E-state index is 11.6. The summed E-state index contributed by atoms with van der Waals surface area (Å²) in [5.74, 6) is 0.787. The van der Waals surface area contributed by atoms with Gasteiger partial charge in [-0.1, -0.05) is 11.8 Å².